The number of nitrogens with zero attached hydrogens (tertiary/aromatic N) is 2. The SMILES string of the molecule is Cc1cc(CSc2ncccc2C(=O)NC2CCCC2CN)no1.Cl.Cl. The fraction of sp³-hybridized carbons (Fsp3) is 0.471. The molecule has 1 amide bonds. The molecule has 0 spiro atoms. The van der Waals surface area contributed by atoms with Crippen molar-refractivity contribution in [1.29, 1.82) is 0 Å². The number of nitrogens with two attached hydrogens (primary N) is 1. The molecule has 1 aliphatic rings. The van der Waals surface area contributed by atoms with Crippen LogP contribution in [0.3, 0.4) is 0 Å². The zero-order valence-electron chi connectivity index (χ0n) is 14.5. The Morgan fingerprint density at radius 2 is 2.23 bits per heavy atom. The number of rotatable bonds is 6. The number of halogens is 2. The van der Waals surface area contributed by atoms with Gasteiger partial charge in [-0.1, -0.05) is 23.3 Å². The number of carbonyl (C=O) groups is 1. The minimum Gasteiger partial charge on any atom is -0.361 e. The van der Waals surface area contributed by atoms with Gasteiger partial charge in [-0.15, -0.1) is 24.8 Å². The molecule has 1 saturated carbocycles. The smallest absolute Gasteiger partial charge is 0.254 e. The Morgan fingerprint density at radius 3 is 2.92 bits per heavy atom. The van der Waals surface area contributed by atoms with Crippen molar-refractivity contribution in [3.63, 3.8) is 0 Å². The lowest BCUT2D eigenvalue weighted by atomic mass is 10.0. The molecule has 0 aliphatic heterocycles. The summed E-state index contributed by atoms with van der Waals surface area (Å²) in [6, 6.07) is 5.65. The number of hydrogen-bond donors (Lipinski definition) is 2. The number of thioether (sulfide) groups is 1. The third-order valence-electron chi connectivity index (χ3n) is 4.33. The molecule has 0 bridgehead atoms. The van der Waals surface area contributed by atoms with Gasteiger partial charge in [0, 0.05) is 24.1 Å². The van der Waals surface area contributed by atoms with E-state index in [0.717, 1.165) is 30.7 Å². The molecule has 2 aromatic rings. The van der Waals surface area contributed by atoms with E-state index in [0.29, 0.717) is 28.8 Å². The molecule has 1 fully saturated rings. The van der Waals surface area contributed by atoms with Crippen molar-refractivity contribution in [2.24, 2.45) is 11.7 Å². The highest BCUT2D eigenvalue weighted by atomic mass is 35.5. The van der Waals surface area contributed by atoms with Crippen molar-refractivity contribution >= 4 is 42.5 Å². The summed E-state index contributed by atoms with van der Waals surface area (Å²) in [6.07, 6.45) is 4.90. The maximum absolute atomic E-state index is 12.7. The summed E-state index contributed by atoms with van der Waals surface area (Å²) < 4.78 is 5.07. The Morgan fingerprint density at radius 1 is 1.42 bits per heavy atom. The topological polar surface area (TPSA) is 94.0 Å². The zero-order valence-corrected chi connectivity index (χ0v) is 17.0. The lowest BCUT2D eigenvalue weighted by Crippen LogP contribution is -2.40. The van der Waals surface area contributed by atoms with Crippen LogP contribution in [0.2, 0.25) is 0 Å². The molecule has 0 aromatic carbocycles. The lowest BCUT2D eigenvalue weighted by Gasteiger charge is -2.20. The average Bonchev–Trinajstić information content (AvgIpc) is 3.21. The van der Waals surface area contributed by atoms with Crippen molar-refractivity contribution in [2.75, 3.05) is 6.54 Å². The van der Waals surface area contributed by atoms with E-state index in [-0.39, 0.29) is 36.8 Å². The highest BCUT2D eigenvalue weighted by molar-refractivity contribution is 7.98. The van der Waals surface area contributed by atoms with E-state index in [1.54, 1.807) is 12.3 Å². The maximum Gasteiger partial charge on any atom is 0.254 e. The molecule has 2 heterocycles. The van der Waals surface area contributed by atoms with Gasteiger partial charge in [-0.05, 0) is 44.4 Å². The number of pyridine rings is 1. The molecule has 9 heteroatoms. The van der Waals surface area contributed by atoms with Gasteiger partial charge in [0.25, 0.3) is 5.91 Å². The Kier molecular flexibility index (Phi) is 9.43. The number of aromatic nitrogens is 2. The standard InChI is InChI=1S/C17H22N4O2S.2ClH/c1-11-8-13(21-23-11)10-24-17-14(5-3-7-19-17)16(22)20-15-6-2-4-12(15)9-18;;/h3,5,7-8,12,15H,2,4,6,9-10,18H2,1H3,(H,20,22);2*1H. The van der Waals surface area contributed by atoms with Crippen LogP contribution in [-0.4, -0.2) is 28.6 Å². The summed E-state index contributed by atoms with van der Waals surface area (Å²) in [5, 5.41) is 7.81. The van der Waals surface area contributed by atoms with E-state index in [1.165, 1.54) is 11.8 Å². The van der Waals surface area contributed by atoms with Crippen LogP contribution in [0.25, 0.3) is 0 Å². The Bertz CT molecular complexity index is 714. The number of aryl methyl sites for hydroxylation is 1. The van der Waals surface area contributed by atoms with Crippen molar-refractivity contribution < 1.29 is 9.32 Å². The predicted molar refractivity (Wildman–Crippen MR) is 107 cm³/mol. The first-order valence-corrected chi connectivity index (χ1v) is 9.17. The third kappa shape index (κ3) is 5.61. The van der Waals surface area contributed by atoms with E-state index in [9.17, 15) is 4.79 Å². The molecule has 1 aliphatic carbocycles. The van der Waals surface area contributed by atoms with E-state index in [2.05, 4.69) is 15.5 Å². The van der Waals surface area contributed by atoms with Crippen molar-refractivity contribution in [3.05, 3.63) is 41.4 Å². The molecule has 2 unspecified atom stereocenters. The largest absolute Gasteiger partial charge is 0.361 e. The van der Waals surface area contributed by atoms with Gasteiger partial charge >= 0.3 is 0 Å². The second kappa shape index (κ2) is 10.8. The van der Waals surface area contributed by atoms with Crippen LogP contribution in [0.1, 0.15) is 41.1 Å². The molecular formula is C17H24Cl2N4O2S. The highest BCUT2D eigenvalue weighted by Crippen LogP contribution is 2.27. The third-order valence-corrected chi connectivity index (χ3v) is 5.37. The fourth-order valence-corrected chi connectivity index (χ4v) is 3.93. The Labute approximate surface area is 169 Å². The van der Waals surface area contributed by atoms with Crippen LogP contribution in [0.4, 0.5) is 0 Å². The molecular weight excluding hydrogens is 395 g/mol. The molecule has 26 heavy (non-hydrogen) atoms. The average molecular weight is 419 g/mol. The molecule has 2 aromatic heterocycles. The summed E-state index contributed by atoms with van der Waals surface area (Å²) >= 11 is 1.49. The number of carbonyl (C=O) groups excluding carboxylic acids is 1. The monoisotopic (exact) mass is 418 g/mol. The van der Waals surface area contributed by atoms with Gasteiger partial charge in [0.05, 0.1) is 11.3 Å². The number of hydrogen-bond acceptors (Lipinski definition) is 6. The van der Waals surface area contributed by atoms with Crippen molar-refractivity contribution in [3.8, 4) is 0 Å². The highest BCUT2D eigenvalue weighted by Gasteiger charge is 2.28. The summed E-state index contributed by atoms with van der Waals surface area (Å²) in [5.41, 5.74) is 7.24. The summed E-state index contributed by atoms with van der Waals surface area (Å²) in [4.78, 5) is 17.0. The van der Waals surface area contributed by atoms with Gasteiger partial charge in [0.15, 0.2) is 0 Å². The van der Waals surface area contributed by atoms with E-state index in [1.807, 2.05) is 19.1 Å². The number of nitrogens with one attached hydrogen (secondary N) is 1. The first-order chi connectivity index (χ1) is 11.7. The van der Waals surface area contributed by atoms with Gasteiger partial charge < -0.3 is 15.6 Å². The minimum absolute atomic E-state index is 0. The van der Waals surface area contributed by atoms with Gasteiger partial charge in [0.2, 0.25) is 0 Å². The van der Waals surface area contributed by atoms with Gasteiger partial charge in [-0.3, -0.25) is 4.79 Å². The van der Waals surface area contributed by atoms with Crippen LogP contribution in [0.15, 0.2) is 33.9 Å². The van der Waals surface area contributed by atoms with E-state index in [4.69, 9.17) is 10.3 Å². The summed E-state index contributed by atoms with van der Waals surface area (Å²) in [5.74, 6) is 1.69. The minimum atomic E-state index is -0.0766. The van der Waals surface area contributed by atoms with Crippen molar-refractivity contribution in [1.82, 2.24) is 15.5 Å². The normalized spacial score (nSPS) is 18.7. The van der Waals surface area contributed by atoms with E-state index >= 15 is 0 Å². The van der Waals surface area contributed by atoms with E-state index < -0.39 is 0 Å². The van der Waals surface area contributed by atoms with Crippen LogP contribution >= 0.6 is 36.6 Å². The van der Waals surface area contributed by atoms with Crippen LogP contribution in [-0.2, 0) is 5.75 Å². The maximum atomic E-state index is 12.7. The molecule has 0 radical (unpaired) electrons. The molecule has 6 nitrogen and oxygen atoms in total. The predicted octanol–water partition coefficient (Wildman–Crippen LogP) is 3.37. The van der Waals surface area contributed by atoms with Gasteiger partial charge in [-0.25, -0.2) is 4.98 Å². The van der Waals surface area contributed by atoms with Crippen molar-refractivity contribution in [2.45, 2.75) is 43.0 Å². The zero-order chi connectivity index (χ0) is 16.9. The molecule has 2 atom stereocenters. The Hall–Kier alpha value is -1.28. The first kappa shape index (κ1) is 22.8. The first-order valence-electron chi connectivity index (χ1n) is 8.18. The quantitative estimate of drug-likeness (QED) is 0.698. The molecule has 3 N–H and O–H groups in total. The summed E-state index contributed by atoms with van der Waals surface area (Å²) in [6.45, 7) is 2.47. The number of amides is 1. The lowest BCUT2D eigenvalue weighted by molar-refractivity contribution is 0.0925. The molecule has 3 rings (SSSR count). The van der Waals surface area contributed by atoms with Crippen LogP contribution in [0.5, 0.6) is 0 Å². The van der Waals surface area contributed by atoms with Crippen LogP contribution < -0.4 is 11.1 Å². The van der Waals surface area contributed by atoms with Crippen LogP contribution in [0, 0.1) is 12.8 Å². The van der Waals surface area contributed by atoms with Gasteiger partial charge in [-0.2, -0.15) is 0 Å². The molecule has 0 saturated heterocycles. The second-order valence-corrected chi connectivity index (χ2v) is 7.04. The summed E-state index contributed by atoms with van der Waals surface area (Å²) in [7, 11) is 0. The second-order valence-electron chi connectivity index (χ2n) is 6.08. The fourth-order valence-electron chi connectivity index (χ4n) is 3.06. The molecule has 144 valence electrons. The Balaban J connectivity index is 0.00000169. The van der Waals surface area contributed by atoms with Gasteiger partial charge in [0.1, 0.15) is 10.8 Å².